The molecule has 7 nitrogen and oxygen atoms in total. The third-order valence-corrected chi connectivity index (χ3v) is 4.93. The van der Waals surface area contributed by atoms with E-state index in [4.69, 9.17) is 16.2 Å². The van der Waals surface area contributed by atoms with Crippen LogP contribution in [0.1, 0.15) is 32.3 Å². The second kappa shape index (κ2) is 10.4. The number of nitrogens with zero attached hydrogens (tertiary/aromatic N) is 1. The van der Waals surface area contributed by atoms with E-state index in [0.717, 1.165) is 18.9 Å². The summed E-state index contributed by atoms with van der Waals surface area (Å²) in [5, 5.41) is 3.17. The number of benzene rings is 1. The highest BCUT2D eigenvalue weighted by molar-refractivity contribution is 8.18. The van der Waals surface area contributed by atoms with E-state index >= 15 is 0 Å². The van der Waals surface area contributed by atoms with Gasteiger partial charge in [0.2, 0.25) is 0 Å². The molecule has 2 rings (SSSR count). The summed E-state index contributed by atoms with van der Waals surface area (Å²) in [6.07, 6.45) is 3.23. The van der Waals surface area contributed by atoms with Crippen LogP contribution in [0.5, 0.6) is 5.75 Å². The summed E-state index contributed by atoms with van der Waals surface area (Å²) in [7, 11) is 0. The summed E-state index contributed by atoms with van der Waals surface area (Å²) >= 11 is 1.17. The summed E-state index contributed by atoms with van der Waals surface area (Å²) in [4.78, 5) is 29.0. The number of unbranched alkanes of at least 4 members (excludes halogenated alkanes) is 1. The topological polar surface area (TPSA) is 120 Å². The van der Waals surface area contributed by atoms with Crippen LogP contribution in [-0.4, -0.2) is 36.2 Å². The van der Waals surface area contributed by atoms with Gasteiger partial charge in [0, 0.05) is 18.2 Å². The molecule has 9 heteroatoms. The van der Waals surface area contributed by atoms with Gasteiger partial charge < -0.3 is 21.5 Å². The molecule has 0 radical (unpaired) electrons. The summed E-state index contributed by atoms with van der Waals surface area (Å²) in [5.74, 6) is -1.66. The number of carbonyl (C=O) groups is 2. The standard InChI is InChI=1S/C19H25FN4O3S/c1-11(2)16(22)18(26)27-14-10-13(20)6-5-12(14)9-15-17(25)24-19(28-15)23-8-4-3-7-21/h5-6,9-11,16H,3-4,7-8,21-22H2,1-2H3,(H,23,24,25)/b15-9+. The van der Waals surface area contributed by atoms with Gasteiger partial charge in [0.05, 0.1) is 4.91 Å². The fourth-order valence-corrected chi connectivity index (χ4v) is 3.08. The predicted octanol–water partition coefficient (Wildman–Crippen LogP) is 2.01. The number of rotatable bonds is 8. The average Bonchev–Trinajstić information content (AvgIpc) is 2.99. The maximum atomic E-state index is 13.7. The van der Waals surface area contributed by atoms with Gasteiger partial charge in [0.25, 0.3) is 5.91 Å². The van der Waals surface area contributed by atoms with E-state index in [2.05, 4.69) is 10.3 Å². The Balaban J connectivity index is 2.19. The second-order valence-electron chi connectivity index (χ2n) is 6.62. The number of esters is 1. The van der Waals surface area contributed by atoms with Gasteiger partial charge in [-0.25, -0.2) is 9.18 Å². The third-order valence-electron chi connectivity index (χ3n) is 3.98. The second-order valence-corrected chi connectivity index (χ2v) is 7.65. The fraction of sp³-hybridized carbons (Fsp3) is 0.421. The van der Waals surface area contributed by atoms with E-state index in [1.807, 2.05) is 0 Å². The number of nitrogens with one attached hydrogen (secondary N) is 1. The van der Waals surface area contributed by atoms with Gasteiger partial charge in [-0.05, 0) is 55.3 Å². The van der Waals surface area contributed by atoms with Crippen molar-refractivity contribution < 1.29 is 18.7 Å². The lowest BCUT2D eigenvalue weighted by atomic mass is 10.1. The van der Waals surface area contributed by atoms with E-state index < -0.39 is 17.8 Å². The SMILES string of the molecule is CC(C)C(N)C(=O)Oc1cc(F)ccc1/C=C1/SC(=NCCCCN)NC1=O. The highest BCUT2D eigenvalue weighted by Gasteiger charge is 2.25. The molecule has 1 atom stereocenters. The molecule has 0 saturated carbocycles. The van der Waals surface area contributed by atoms with Crippen molar-refractivity contribution in [3.63, 3.8) is 0 Å². The first-order valence-electron chi connectivity index (χ1n) is 9.04. The molecule has 28 heavy (non-hydrogen) atoms. The molecule has 1 saturated heterocycles. The molecule has 0 aliphatic carbocycles. The molecular weight excluding hydrogens is 383 g/mol. The molecule has 0 aromatic heterocycles. The first-order valence-corrected chi connectivity index (χ1v) is 9.85. The van der Waals surface area contributed by atoms with Crippen LogP contribution in [0.15, 0.2) is 28.1 Å². The largest absolute Gasteiger partial charge is 0.425 e. The van der Waals surface area contributed by atoms with Crippen LogP contribution in [0.2, 0.25) is 0 Å². The lowest BCUT2D eigenvalue weighted by Crippen LogP contribution is -2.38. The number of aliphatic imine (C=N–C) groups is 1. The van der Waals surface area contributed by atoms with E-state index in [0.29, 0.717) is 28.7 Å². The molecule has 152 valence electrons. The van der Waals surface area contributed by atoms with Crippen molar-refractivity contribution in [1.82, 2.24) is 5.32 Å². The normalized spacial score (nSPS) is 18.0. The highest BCUT2D eigenvalue weighted by Crippen LogP contribution is 2.30. The fourth-order valence-electron chi connectivity index (χ4n) is 2.24. The highest BCUT2D eigenvalue weighted by atomic mass is 32.2. The molecule has 1 fully saturated rings. The van der Waals surface area contributed by atoms with Crippen LogP contribution in [0.3, 0.4) is 0 Å². The third kappa shape index (κ3) is 6.15. The Hall–Kier alpha value is -2.23. The van der Waals surface area contributed by atoms with E-state index in [-0.39, 0.29) is 17.6 Å². The minimum atomic E-state index is -0.833. The van der Waals surface area contributed by atoms with Crippen molar-refractivity contribution in [1.29, 1.82) is 0 Å². The molecule has 1 amide bonds. The van der Waals surface area contributed by atoms with E-state index in [1.54, 1.807) is 13.8 Å². The van der Waals surface area contributed by atoms with Crippen molar-refractivity contribution in [3.8, 4) is 5.75 Å². The smallest absolute Gasteiger partial charge is 0.328 e. The zero-order chi connectivity index (χ0) is 20.7. The van der Waals surface area contributed by atoms with Crippen molar-refractivity contribution in [3.05, 3.63) is 34.5 Å². The molecule has 1 aromatic rings. The van der Waals surface area contributed by atoms with E-state index in [9.17, 15) is 14.0 Å². The van der Waals surface area contributed by atoms with Crippen LogP contribution in [-0.2, 0) is 9.59 Å². The number of amidine groups is 1. The van der Waals surface area contributed by atoms with Gasteiger partial charge in [-0.1, -0.05) is 13.8 Å². The van der Waals surface area contributed by atoms with Crippen LogP contribution in [0.4, 0.5) is 4.39 Å². The Bertz CT molecular complexity index is 795. The molecule has 1 unspecified atom stereocenters. The molecule has 1 aliphatic rings. The van der Waals surface area contributed by atoms with Gasteiger partial charge >= 0.3 is 5.97 Å². The molecule has 1 aliphatic heterocycles. The van der Waals surface area contributed by atoms with Gasteiger partial charge in [-0.15, -0.1) is 0 Å². The van der Waals surface area contributed by atoms with Crippen molar-refractivity contribution >= 4 is 34.9 Å². The average molecular weight is 408 g/mol. The minimum Gasteiger partial charge on any atom is -0.425 e. The van der Waals surface area contributed by atoms with Gasteiger partial charge in [-0.2, -0.15) is 0 Å². The molecule has 0 spiro atoms. The molecule has 0 bridgehead atoms. The Labute approximate surface area is 167 Å². The van der Waals surface area contributed by atoms with Gasteiger partial charge in [0.15, 0.2) is 5.17 Å². The van der Waals surface area contributed by atoms with Crippen molar-refractivity contribution in [2.75, 3.05) is 13.1 Å². The molecule has 1 heterocycles. The Morgan fingerprint density at radius 3 is 2.82 bits per heavy atom. The summed E-state index contributed by atoms with van der Waals surface area (Å²) in [6.45, 7) is 4.74. The van der Waals surface area contributed by atoms with Gasteiger partial charge in [-0.3, -0.25) is 9.79 Å². The van der Waals surface area contributed by atoms with Crippen LogP contribution in [0, 0.1) is 11.7 Å². The lowest BCUT2D eigenvalue weighted by Gasteiger charge is -2.15. The quantitative estimate of drug-likeness (QED) is 0.262. The summed E-state index contributed by atoms with van der Waals surface area (Å²) < 4.78 is 18.9. The lowest BCUT2D eigenvalue weighted by molar-refractivity contribution is -0.136. The van der Waals surface area contributed by atoms with Crippen LogP contribution in [0.25, 0.3) is 6.08 Å². The number of thioether (sulfide) groups is 1. The molecule has 1 aromatic carbocycles. The van der Waals surface area contributed by atoms with Gasteiger partial charge in [0.1, 0.15) is 17.6 Å². The maximum Gasteiger partial charge on any atom is 0.328 e. The number of nitrogens with two attached hydrogens (primary N) is 2. The minimum absolute atomic E-state index is 0.00957. The van der Waals surface area contributed by atoms with Crippen LogP contribution < -0.4 is 21.5 Å². The number of ether oxygens (including phenoxy) is 1. The van der Waals surface area contributed by atoms with Crippen molar-refractivity contribution in [2.45, 2.75) is 32.7 Å². The number of hydrogen-bond acceptors (Lipinski definition) is 7. The Morgan fingerprint density at radius 1 is 1.39 bits per heavy atom. The zero-order valence-corrected chi connectivity index (χ0v) is 16.7. The zero-order valence-electron chi connectivity index (χ0n) is 15.9. The van der Waals surface area contributed by atoms with Crippen molar-refractivity contribution in [2.24, 2.45) is 22.4 Å². The number of carbonyl (C=O) groups excluding carboxylic acids is 2. The number of amides is 1. The maximum absolute atomic E-state index is 13.7. The Morgan fingerprint density at radius 2 is 2.14 bits per heavy atom. The Kier molecular flexibility index (Phi) is 8.16. The first kappa shape index (κ1) is 22.1. The van der Waals surface area contributed by atoms with E-state index in [1.165, 1.54) is 30.0 Å². The monoisotopic (exact) mass is 408 g/mol. The predicted molar refractivity (Wildman–Crippen MR) is 109 cm³/mol. The van der Waals surface area contributed by atoms with Crippen LogP contribution >= 0.6 is 11.8 Å². The summed E-state index contributed by atoms with van der Waals surface area (Å²) in [6, 6.07) is 2.93. The molecule has 5 N–H and O–H groups in total. The molecular formula is C19H25FN4O3S. The summed E-state index contributed by atoms with van der Waals surface area (Å²) in [5.41, 5.74) is 11.6. The first-order chi connectivity index (χ1) is 13.3. The number of hydrogen-bond donors (Lipinski definition) is 3. The number of halogens is 1.